The molecule has 0 radical (unpaired) electrons. The van der Waals surface area contributed by atoms with Crippen LogP contribution in [0.2, 0.25) is 0 Å². The van der Waals surface area contributed by atoms with Gasteiger partial charge in [-0.05, 0) is 31.6 Å². The summed E-state index contributed by atoms with van der Waals surface area (Å²) in [5, 5.41) is 0.401. The van der Waals surface area contributed by atoms with E-state index in [1.165, 1.54) is 25.7 Å². The van der Waals surface area contributed by atoms with E-state index in [0.717, 1.165) is 32.0 Å². The minimum Gasteiger partial charge on any atom is -0.381 e. The van der Waals surface area contributed by atoms with Crippen LogP contribution in [0.15, 0.2) is 0 Å². The second kappa shape index (κ2) is 6.67. The Kier molecular flexibility index (Phi) is 5.81. The highest BCUT2D eigenvalue weighted by Crippen LogP contribution is 2.26. The lowest BCUT2D eigenvalue weighted by Crippen LogP contribution is -2.12. The smallest absolute Gasteiger partial charge is 0.0494 e. The van der Waals surface area contributed by atoms with Gasteiger partial charge in [-0.3, -0.25) is 0 Å². The van der Waals surface area contributed by atoms with Crippen molar-refractivity contribution in [2.75, 3.05) is 13.2 Å². The molecule has 1 aliphatic carbocycles. The van der Waals surface area contributed by atoms with E-state index in [1.54, 1.807) is 0 Å². The number of hydrogen-bond acceptors (Lipinski definition) is 1. The molecule has 0 aliphatic heterocycles. The molecule has 1 fully saturated rings. The zero-order valence-electron chi connectivity index (χ0n) is 8.60. The number of rotatable bonds is 4. The molecule has 0 aromatic heterocycles. The molecule has 2 heteroatoms. The number of hydrogen-bond donors (Lipinski definition) is 0. The van der Waals surface area contributed by atoms with Gasteiger partial charge in [-0.15, -0.1) is 11.6 Å². The van der Waals surface area contributed by atoms with E-state index in [4.69, 9.17) is 16.3 Å². The highest BCUT2D eigenvalue weighted by molar-refractivity contribution is 6.20. The summed E-state index contributed by atoms with van der Waals surface area (Å²) in [6.07, 6.45) is 7.43. The lowest BCUT2D eigenvalue weighted by Gasteiger charge is -2.15. The summed E-state index contributed by atoms with van der Waals surface area (Å²) >= 11 is 6.17. The SMILES string of the molecule is CCCOCC1CCCCC(Cl)C1. The van der Waals surface area contributed by atoms with Gasteiger partial charge in [-0.25, -0.2) is 0 Å². The number of alkyl halides is 1. The number of halogens is 1. The molecule has 13 heavy (non-hydrogen) atoms. The minimum atomic E-state index is 0.401. The van der Waals surface area contributed by atoms with Crippen molar-refractivity contribution in [3.8, 4) is 0 Å². The summed E-state index contributed by atoms with van der Waals surface area (Å²) in [6, 6.07) is 0. The van der Waals surface area contributed by atoms with Gasteiger partial charge in [0.25, 0.3) is 0 Å². The topological polar surface area (TPSA) is 9.23 Å². The fourth-order valence-electron chi connectivity index (χ4n) is 1.94. The first kappa shape index (κ1) is 11.3. The van der Waals surface area contributed by atoms with E-state index in [9.17, 15) is 0 Å². The molecule has 0 aromatic rings. The van der Waals surface area contributed by atoms with Gasteiger partial charge in [0.1, 0.15) is 0 Å². The van der Waals surface area contributed by atoms with Gasteiger partial charge in [0.05, 0.1) is 0 Å². The third-order valence-corrected chi connectivity index (χ3v) is 3.07. The summed E-state index contributed by atoms with van der Waals surface area (Å²) in [5.74, 6) is 0.719. The average molecular weight is 205 g/mol. The second-order valence-corrected chi connectivity index (χ2v) is 4.68. The van der Waals surface area contributed by atoms with E-state index in [-0.39, 0.29) is 0 Å². The van der Waals surface area contributed by atoms with Gasteiger partial charge < -0.3 is 4.74 Å². The lowest BCUT2D eigenvalue weighted by atomic mass is 10.0. The fraction of sp³-hybridized carbons (Fsp3) is 1.00. The van der Waals surface area contributed by atoms with Crippen molar-refractivity contribution in [3.05, 3.63) is 0 Å². The highest BCUT2D eigenvalue weighted by Gasteiger charge is 2.18. The predicted molar refractivity (Wildman–Crippen MR) is 57.3 cm³/mol. The number of ether oxygens (including phenoxy) is 1. The zero-order chi connectivity index (χ0) is 9.52. The highest BCUT2D eigenvalue weighted by atomic mass is 35.5. The van der Waals surface area contributed by atoms with E-state index < -0.39 is 0 Å². The van der Waals surface area contributed by atoms with Crippen molar-refractivity contribution in [3.63, 3.8) is 0 Å². The third kappa shape index (κ3) is 4.87. The molecule has 2 unspecified atom stereocenters. The molecule has 2 atom stereocenters. The van der Waals surface area contributed by atoms with Crippen molar-refractivity contribution in [2.45, 2.75) is 50.8 Å². The maximum absolute atomic E-state index is 6.17. The Morgan fingerprint density at radius 3 is 2.85 bits per heavy atom. The summed E-state index contributed by atoms with van der Waals surface area (Å²) in [5.41, 5.74) is 0. The lowest BCUT2D eigenvalue weighted by molar-refractivity contribution is 0.0946. The second-order valence-electron chi connectivity index (χ2n) is 4.06. The largest absolute Gasteiger partial charge is 0.381 e. The Bertz CT molecular complexity index is 127. The van der Waals surface area contributed by atoms with Crippen LogP contribution in [0.4, 0.5) is 0 Å². The van der Waals surface area contributed by atoms with E-state index in [1.807, 2.05) is 0 Å². The molecule has 0 heterocycles. The average Bonchev–Trinajstić information content (AvgIpc) is 2.31. The molecule has 1 aliphatic rings. The minimum absolute atomic E-state index is 0.401. The molecule has 78 valence electrons. The standard InChI is InChI=1S/C11H21ClO/c1-2-7-13-9-10-5-3-4-6-11(12)8-10/h10-11H,2-9H2,1H3. The Hall–Kier alpha value is 0.250. The van der Waals surface area contributed by atoms with Crippen molar-refractivity contribution in [1.82, 2.24) is 0 Å². The van der Waals surface area contributed by atoms with Gasteiger partial charge >= 0.3 is 0 Å². The van der Waals surface area contributed by atoms with E-state index >= 15 is 0 Å². The first-order valence-corrected chi connectivity index (χ1v) is 5.98. The van der Waals surface area contributed by atoms with Crippen LogP contribution in [0, 0.1) is 5.92 Å². The Labute approximate surface area is 86.8 Å². The molecule has 0 saturated heterocycles. The van der Waals surface area contributed by atoms with Gasteiger partial charge in [0.15, 0.2) is 0 Å². The Morgan fingerprint density at radius 2 is 2.08 bits per heavy atom. The molecular weight excluding hydrogens is 184 g/mol. The van der Waals surface area contributed by atoms with Crippen LogP contribution in [0.5, 0.6) is 0 Å². The van der Waals surface area contributed by atoms with Crippen LogP contribution >= 0.6 is 11.6 Å². The van der Waals surface area contributed by atoms with Gasteiger partial charge in [-0.2, -0.15) is 0 Å². The molecule has 0 amide bonds. The molecule has 0 bridgehead atoms. The van der Waals surface area contributed by atoms with Crippen molar-refractivity contribution < 1.29 is 4.74 Å². The summed E-state index contributed by atoms with van der Waals surface area (Å²) < 4.78 is 5.57. The Morgan fingerprint density at radius 1 is 1.31 bits per heavy atom. The van der Waals surface area contributed by atoms with Crippen LogP contribution < -0.4 is 0 Å². The maximum Gasteiger partial charge on any atom is 0.0494 e. The first-order valence-electron chi connectivity index (χ1n) is 5.54. The van der Waals surface area contributed by atoms with Crippen LogP contribution in [0.1, 0.15) is 45.4 Å². The quantitative estimate of drug-likeness (QED) is 0.386. The zero-order valence-corrected chi connectivity index (χ0v) is 9.35. The van der Waals surface area contributed by atoms with Crippen molar-refractivity contribution in [2.24, 2.45) is 5.92 Å². The van der Waals surface area contributed by atoms with Crippen LogP contribution in [-0.2, 0) is 4.74 Å². The predicted octanol–water partition coefficient (Wildman–Crippen LogP) is 3.60. The summed E-state index contributed by atoms with van der Waals surface area (Å²) in [7, 11) is 0. The van der Waals surface area contributed by atoms with Crippen LogP contribution in [0.3, 0.4) is 0 Å². The van der Waals surface area contributed by atoms with Crippen LogP contribution in [-0.4, -0.2) is 18.6 Å². The van der Waals surface area contributed by atoms with Gasteiger partial charge in [-0.1, -0.05) is 19.8 Å². The molecule has 1 nitrogen and oxygen atoms in total. The normalized spacial score (nSPS) is 30.0. The monoisotopic (exact) mass is 204 g/mol. The van der Waals surface area contributed by atoms with Crippen LogP contribution in [0.25, 0.3) is 0 Å². The van der Waals surface area contributed by atoms with Crippen molar-refractivity contribution in [1.29, 1.82) is 0 Å². The third-order valence-electron chi connectivity index (χ3n) is 2.67. The maximum atomic E-state index is 6.17. The van der Waals surface area contributed by atoms with Gasteiger partial charge in [0.2, 0.25) is 0 Å². The molecule has 1 rings (SSSR count). The summed E-state index contributed by atoms with van der Waals surface area (Å²) in [6.45, 7) is 3.98. The molecule has 0 aromatic carbocycles. The molecular formula is C11H21ClO. The molecule has 0 N–H and O–H groups in total. The summed E-state index contributed by atoms with van der Waals surface area (Å²) in [4.78, 5) is 0. The fourth-order valence-corrected chi connectivity index (χ4v) is 2.35. The molecule has 1 saturated carbocycles. The van der Waals surface area contributed by atoms with Crippen molar-refractivity contribution >= 4 is 11.6 Å². The van der Waals surface area contributed by atoms with E-state index in [0.29, 0.717) is 5.38 Å². The molecule has 0 spiro atoms. The van der Waals surface area contributed by atoms with Gasteiger partial charge in [0, 0.05) is 18.6 Å². The Balaban J connectivity index is 2.15. The first-order chi connectivity index (χ1) is 6.33. The van der Waals surface area contributed by atoms with E-state index in [2.05, 4.69) is 6.92 Å².